The Labute approximate surface area is 136 Å². The van der Waals surface area contributed by atoms with E-state index in [0.29, 0.717) is 10.6 Å². The molecule has 2 aromatic carbocycles. The standard InChI is InChI=1S/C15H14BrClN2O2/c1-21-11-5-3-10(4-6-11)19-14(15(18)20)12-8-9(16)2-7-13(12)17/h2-8,14,19H,1H3,(H2,18,20). The van der Waals surface area contributed by atoms with Crippen LogP contribution in [0, 0.1) is 0 Å². The number of rotatable bonds is 5. The highest BCUT2D eigenvalue weighted by atomic mass is 79.9. The average molecular weight is 370 g/mol. The molecule has 0 saturated carbocycles. The number of benzene rings is 2. The lowest BCUT2D eigenvalue weighted by Gasteiger charge is -2.19. The lowest BCUT2D eigenvalue weighted by Crippen LogP contribution is -2.28. The number of carbonyl (C=O) groups excluding carboxylic acids is 1. The Morgan fingerprint density at radius 1 is 1.29 bits per heavy atom. The molecule has 1 atom stereocenters. The molecular weight excluding hydrogens is 356 g/mol. The van der Waals surface area contributed by atoms with Crippen molar-refractivity contribution in [2.45, 2.75) is 6.04 Å². The van der Waals surface area contributed by atoms with Crippen LogP contribution in [0.1, 0.15) is 11.6 Å². The van der Waals surface area contributed by atoms with Gasteiger partial charge < -0.3 is 15.8 Å². The predicted octanol–water partition coefficient (Wildman–Crippen LogP) is 3.75. The van der Waals surface area contributed by atoms with Gasteiger partial charge in [-0.3, -0.25) is 4.79 Å². The maximum Gasteiger partial charge on any atom is 0.244 e. The van der Waals surface area contributed by atoms with E-state index < -0.39 is 11.9 Å². The van der Waals surface area contributed by atoms with Crippen LogP contribution >= 0.6 is 27.5 Å². The maximum absolute atomic E-state index is 11.8. The molecule has 0 heterocycles. The minimum absolute atomic E-state index is 0.475. The minimum Gasteiger partial charge on any atom is -0.497 e. The Morgan fingerprint density at radius 3 is 2.52 bits per heavy atom. The van der Waals surface area contributed by atoms with Gasteiger partial charge in [-0.15, -0.1) is 0 Å². The minimum atomic E-state index is -0.719. The molecule has 0 aliphatic rings. The van der Waals surface area contributed by atoms with Gasteiger partial charge in [0.25, 0.3) is 0 Å². The molecule has 1 amide bonds. The molecule has 2 aromatic rings. The fourth-order valence-corrected chi connectivity index (χ4v) is 2.50. The number of anilines is 1. The highest BCUT2D eigenvalue weighted by molar-refractivity contribution is 9.10. The van der Waals surface area contributed by atoms with Crippen LogP contribution < -0.4 is 15.8 Å². The summed E-state index contributed by atoms with van der Waals surface area (Å²) in [7, 11) is 1.59. The molecule has 3 N–H and O–H groups in total. The molecule has 110 valence electrons. The van der Waals surface area contributed by atoms with Crippen LogP contribution in [-0.4, -0.2) is 13.0 Å². The molecule has 0 aliphatic carbocycles. The second-order valence-corrected chi connectivity index (χ2v) is 5.70. The zero-order valence-corrected chi connectivity index (χ0v) is 13.6. The van der Waals surface area contributed by atoms with Gasteiger partial charge in [-0.1, -0.05) is 27.5 Å². The SMILES string of the molecule is COc1ccc(NC(C(N)=O)c2cc(Br)ccc2Cl)cc1. The predicted molar refractivity (Wildman–Crippen MR) is 87.7 cm³/mol. The van der Waals surface area contributed by atoms with Gasteiger partial charge in [-0.2, -0.15) is 0 Å². The Balaban J connectivity index is 2.30. The van der Waals surface area contributed by atoms with Gasteiger partial charge in [0.1, 0.15) is 11.8 Å². The van der Waals surface area contributed by atoms with Gasteiger partial charge in [0.2, 0.25) is 5.91 Å². The van der Waals surface area contributed by atoms with Gasteiger partial charge in [0.05, 0.1) is 7.11 Å². The summed E-state index contributed by atoms with van der Waals surface area (Å²) < 4.78 is 5.92. The van der Waals surface area contributed by atoms with Crippen LogP contribution in [0.3, 0.4) is 0 Å². The second kappa shape index (κ2) is 6.83. The van der Waals surface area contributed by atoms with Crippen molar-refractivity contribution in [3.8, 4) is 5.75 Å². The fourth-order valence-electron chi connectivity index (χ4n) is 1.89. The Kier molecular flexibility index (Phi) is 5.09. The largest absolute Gasteiger partial charge is 0.497 e. The summed E-state index contributed by atoms with van der Waals surface area (Å²) >= 11 is 9.52. The van der Waals surface area contributed by atoms with Crippen LogP contribution in [0.25, 0.3) is 0 Å². The summed E-state index contributed by atoms with van der Waals surface area (Å²) in [4.78, 5) is 11.8. The topological polar surface area (TPSA) is 64.3 Å². The lowest BCUT2D eigenvalue weighted by molar-refractivity contribution is -0.118. The molecule has 0 saturated heterocycles. The van der Waals surface area contributed by atoms with Crippen molar-refractivity contribution in [1.82, 2.24) is 0 Å². The zero-order valence-electron chi connectivity index (χ0n) is 11.3. The van der Waals surface area contributed by atoms with E-state index in [2.05, 4.69) is 21.2 Å². The first-order valence-electron chi connectivity index (χ1n) is 6.16. The van der Waals surface area contributed by atoms with Crippen LogP contribution in [0.4, 0.5) is 5.69 Å². The molecule has 1 unspecified atom stereocenters. The molecule has 4 nitrogen and oxygen atoms in total. The molecule has 0 fully saturated rings. The first-order valence-corrected chi connectivity index (χ1v) is 7.33. The van der Waals surface area contributed by atoms with Crippen molar-refractivity contribution >= 4 is 39.1 Å². The summed E-state index contributed by atoms with van der Waals surface area (Å²) in [6, 6.07) is 11.8. The number of hydrogen-bond acceptors (Lipinski definition) is 3. The van der Waals surface area contributed by atoms with Crippen molar-refractivity contribution in [2.75, 3.05) is 12.4 Å². The Bertz CT molecular complexity index is 647. The second-order valence-electron chi connectivity index (χ2n) is 4.37. The number of halogens is 2. The molecule has 0 aromatic heterocycles. The van der Waals surface area contributed by atoms with E-state index in [4.69, 9.17) is 22.1 Å². The van der Waals surface area contributed by atoms with Gasteiger partial charge in [-0.25, -0.2) is 0 Å². The maximum atomic E-state index is 11.8. The first-order chi connectivity index (χ1) is 10.0. The summed E-state index contributed by atoms with van der Waals surface area (Å²) in [6.45, 7) is 0. The third kappa shape index (κ3) is 3.89. The fraction of sp³-hybridized carbons (Fsp3) is 0.133. The van der Waals surface area contributed by atoms with Gasteiger partial charge >= 0.3 is 0 Å². The summed E-state index contributed by atoms with van der Waals surface area (Å²) in [5, 5.41) is 3.55. The lowest BCUT2D eigenvalue weighted by atomic mass is 10.1. The number of hydrogen-bond donors (Lipinski definition) is 2. The highest BCUT2D eigenvalue weighted by Gasteiger charge is 2.20. The number of methoxy groups -OCH3 is 1. The summed E-state index contributed by atoms with van der Waals surface area (Å²) in [5.74, 6) is 0.225. The van der Waals surface area contributed by atoms with E-state index in [1.54, 1.807) is 49.6 Å². The van der Waals surface area contributed by atoms with Crippen molar-refractivity contribution in [1.29, 1.82) is 0 Å². The van der Waals surface area contributed by atoms with Crippen LogP contribution in [0.2, 0.25) is 5.02 Å². The molecule has 0 bridgehead atoms. The number of primary amides is 1. The summed E-state index contributed by atoms with van der Waals surface area (Å²) in [5.41, 5.74) is 6.86. The van der Waals surface area contributed by atoms with E-state index in [1.165, 1.54) is 0 Å². The Hall–Kier alpha value is -1.72. The van der Waals surface area contributed by atoms with Crippen molar-refractivity contribution in [3.63, 3.8) is 0 Å². The molecular formula is C15H14BrClN2O2. The van der Waals surface area contributed by atoms with Crippen molar-refractivity contribution in [3.05, 3.63) is 57.5 Å². The van der Waals surface area contributed by atoms with Crippen molar-refractivity contribution in [2.24, 2.45) is 5.73 Å². The molecule has 21 heavy (non-hydrogen) atoms. The highest BCUT2D eigenvalue weighted by Crippen LogP contribution is 2.29. The van der Waals surface area contributed by atoms with Crippen molar-refractivity contribution < 1.29 is 9.53 Å². The average Bonchev–Trinajstić information content (AvgIpc) is 2.48. The monoisotopic (exact) mass is 368 g/mol. The number of nitrogens with one attached hydrogen (secondary N) is 1. The molecule has 0 radical (unpaired) electrons. The smallest absolute Gasteiger partial charge is 0.244 e. The zero-order chi connectivity index (χ0) is 15.4. The number of ether oxygens (including phenoxy) is 1. The molecule has 6 heteroatoms. The normalized spacial score (nSPS) is 11.8. The van der Waals surface area contributed by atoms with E-state index in [1.807, 2.05) is 0 Å². The summed E-state index contributed by atoms with van der Waals surface area (Å²) in [6.07, 6.45) is 0. The number of carbonyl (C=O) groups is 1. The number of amides is 1. The van der Waals surface area contributed by atoms with Crippen LogP contribution in [0.15, 0.2) is 46.9 Å². The number of nitrogens with two attached hydrogens (primary N) is 1. The first kappa shape index (κ1) is 15.7. The van der Waals surface area contributed by atoms with Gasteiger partial charge in [0, 0.05) is 20.7 Å². The van der Waals surface area contributed by atoms with Crippen LogP contribution in [0.5, 0.6) is 5.75 Å². The van der Waals surface area contributed by atoms with Gasteiger partial charge in [-0.05, 0) is 42.5 Å². The Morgan fingerprint density at radius 2 is 1.95 bits per heavy atom. The molecule has 2 rings (SSSR count). The molecule has 0 spiro atoms. The van der Waals surface area contributed by atoms with E-state index in [0.717, 1.165) is 15.9 Å². The van der Waals surface area contributed by atoms with E-state index in [9.17, 15) is 4.79 Å². The van der Waals surface area contributed by atoms with E-state index >= 15 is 0 Å². The quantitative estimate of drug-likeness (QED) is 0.843. The van der Waals surface area contributed by atoms with Crippen LogP contribution in [-0.2, 0) is 4.79 Å². The van der Waals surface area contributed by atoms with Gasteiger partial charge in [0.15, 0.2) is 0 Å². The molecule has 0 aliphatic heterocycles. The third-order valence-corrected chi connectivity index (χ3v) is 3.79. The van der Waals surface area contributed by atoms with E-state index in [-0.39, 0.29) is 0 Å². The third-order valence-electron chi connectivity index (χ3n) is 2.95.